The maximum Gasteiger partial charge on any atom is 0.220 e. The molecule has 0 spiro atoms. The average Bonchev–Trinajstić information content (AvgIpc) is 2.04. The normalized spacial score (nSPS) is 11.2. The van der Waals surface area contributed by atoms with Crippen LogP contribution in [-0.2, 0) is 4.79 Å². The van der Waals surface area contributed by atoms with Crippen molar-refractivity contribution in [3.8, 4) is 0 Å². The van der Waals surface area contributed by atoms with Gasteiger partial charge in [-0.2, -0.15) is 5.10 Å². The third kappa shape index (κ3) is 5.53. The largest absolute Gasteiger partial charge is 0.377 e. The van der Waals surface area contributed by atoms with Crippen molar-refractivity contribution in [1.82, 2.24) is 5.32 Å². The highest BCUT2D eigenvalue weighted by atomic mass is 32.2. The molecule has 0 rings (SSSR count). The zero-order chi connectivity index (χ0) is 8.69. The van der Waals surface area contributed by atoms with Crippen molar-refractivity contribution in [2.75, 3.05) is 12.8 Å². The third-order valence-corrected chi connectivity index (χ3v) is 1.79. The Morgan fingerprint density at radius 3 is 2.82 bits per heavy atom. The minimum atomic E-state index is -0.0117. The minimum Gasteiger partial charge on any atom is -0.377 e. The smallest absolute Gasteiger partial charge is 0.220 e. The molecule has 1 amide bonds. The van der Waals surface area contributed by atoms with Gasteiger partial charge < -0.3 is 16.9 Å². The highest BCUT2D eigenvalue weighted by molar-refractivity contribution is 8.13. The van der Waals surface area contributed by atoms with Crippen LogP contribution < -0.4 is 16.9 Å². The van der Waals surface area contributed by atoms with Crippen LogP contribution in [0.4, 0.5) is 0 Å². The molecule has 64 valence electrons. The number of carbonyl (C=O) groups excluding carboxylic acids is 1. The van der Waals surface area contributed by atoms with Gasteiger partial charge in [0.25, 0.3) is 0 Å². The maximum atomic E-state index is 10.6. The van der Waals surface area contributed by atoms with Gasteiger partial charge in [0, 0.05) is 19.2 Å². The van der Waals surface area contributed by atoms with Crippen LogP contribution in [0, 0.1) is 0 Å². The molecule has 0 aliphatic heterocycles. The predicted molar refractivity (Wildman–Crippen MR) is 47.0 cm³/mol. The zero-order valence-electron chi connectivity index (χ0n) is 6.33. The first-order valence-corrected chi connectivity index (χ1v) is 4.06. The van der Waals surface area contributed by atoms with E-state index in [-0.39, 0.29) is 5.91 Å². The number of nitrogens with zero attached hydrogens (tertiary/aromatic N) is 1. The number of hydrogen-bond donors (Lipinski definition) is 3. The van der Waals surface area contributed by atoms with Crippen molar-refractivity contribution in [3.63, 3.8) is 0 Å². The van der Waals surface area contributed by atoms with Crippen LogP contribution >= 0.6 is 11.8 Å². The summed E-state index contributed by atoms with van der Waals surface area (Å²) in [4.78, 5) is 10.6. The number of nitrogens with one attached hydrogen (secondary N) is 1. The summed E-state index contributed by atoms with van der Waals surface area (Å²) in [6.45, 7) is 0. The molecule has 0 unspecified atom stereocenters. The van der Waals surface area contributed by atoms with E-state index in [1.54, 1.807) is 7.05 Å². The minimum absolute atomic E-state index is 0.0117. The number of amidine groups is 1. The second kappa shape index (κ2) is 5.84. The molecular weight excluding hydrogens is 164 g/mol. The third-order valence-electron chi connectivity index (χ3n) is 0.985. The van der Waals surface area contributed by atoms with Crippen LogP contribution in [0.15, 0.2) is 5.10 Å². The number of carbonyl (C=O) groups is 1. The molecule has 5 N–H and O–H groups in total. The van der Waals surface area contributed by atoms with E-state index in [0.29, 0.717) is 17.3 Å². The summed E-state index contributed by atoms with van der Waals surface area (Å²) < 4.78 is 0. The summed E-state index contributed by atoms with van der Waals surface area (Å²) >= 11 is 1.26. The highest BCUT2D eigenvalue weighted by Gasteiger charge is 1.98. The molecule has 0 saturated carbocycles. The molecular formula is C5H12N4OS. The molecule has 0 heterocycles. The van der Waals surface area contributed by atoms with E-state index in [1.165, 1.54) is 11.8 Å². The summed E-state index contributed by atoms with van der Waals surface area (Å²) in [6.07, 6.45) is 0.428. The molecule has 0 aromatic heterocycles. The molecule has 0 fully saturated rings. The summed E-state index contributed by atoms with van der Waals surface area (Å²) in [5.74, 6) is 5.45. The van der Waals surface area contributed by atoms with Gasteiger partial charge in [-0.1, -0.05) is 11.8 Å². The van der Waals surface area contributed by atoms with E-state index >= 15 is 0 Å². The van der Waals surface area contributed by atoms with Gasteiger partial charge in [-0.15, -0.1) is 0 Å². The highest BCUT2D eigenvalue weighted by Crippen LogP contribution is 2.00. The predicted octanol–water partition coefficient (Wildman–Crippen LogP) is -0.956. The lowest BCUT2D eigenvalue weighted by Crippen LogP contribution is -2.19. The Morgan fingerprint density at radius 1 is 1.73 bits per heavy atom. The lowest BCUT2D eigenvalue weighted by atomic mass is 10.5. The van der Waals surface area contributed by atoms with Crippen LogP contribution in [0.25, 0.3) is 0 Å². The molecule has 0 aromatic rings. The Balaban J connectivity index is 3.35. The van der Waals surface area contributed by atoms with Crippen molar-refractivity contribution in [1.29, 1.82) is 0 Å². The zero-order valence-corrected chi connectivity index (χ0v) is 7.15. The topological polar surface area (TPSA) is 93.5 Å². The van der Waals surface area contributed by atoms with Crippen LogP contribution in [0.1, 0.15) is 6.42 Å². The van der Waals surface area contributed by atoms with E-state index in [0.717, 1.165) is 0 Å². The van der Waals surface area contributed by atoms with E-state index in [9.17, 15) is 4.79 Å². The van der Waals surface area contributed by atoms with Crippen molar-refractivity contribution in [2.45, 2.75) is 6.42 Å². The fraction of sp³-hybridized carbons (Fsp3) is 0.600. The van der Waals surface area contributed by atoms with Gasteiger partial charge in [0.15, 0.2) is 5.17 Å². The first kappa shape index (κ1) is 10.1. The molecule has 11 heavy (non-hydrogen) atoms. The van der Waals surface area contributed by atoms with E-state index in [1.807, 2.05) is 0 Å². The quantitative estimate of drug-likeness (QED) is 0.223. The lowest BCUT2D eigenvalue weighted by molar-refractivity contribution is -0.120. The number of hydrazone groups is 1. The number of nitrogens with two attached hydrogens (primary N) is 2. The van der Waals surface area contributed by atoms with Crippen LogP contribution in [0.3, 0.4) is 0 Å². The van der Waals surface area contributed by atoms with Crippen molar-refractivity contribution in [2.24, 2.45) is 16.7 Å². The summed E-state index contributed by atoms with van der Waals surface area (Å²) in [5, 5.41) is 6.03. The molecule has 6 heteroatoms. The molecule has 0 saturated heterocycles. The van der Waals surface area contributed by atoms with Crippen molar-refractivity contribution < 1.29 is 4.79 Å². The van der Waals surface area contributed by atoms with E-state index < -0.39 is 0 Å². The lowest BCUT2D eigenvalue weighted by Gasteiger charge is -1.98. The molecule has 5 nitrogen and oxygen atoms in total. The fourth-order valence-electron chi connectivity index (χ4n) is 0.411. The SMILES string of the molecule is CNC(=O)CCSC(N)=NN. The molecule has 0 aromatic carbocycles. The van der Waals surface area contributed by atoms with Gasteiger partial charge in [0.05, 0.1) is 0 Å². The monoisotopic (exact) mass is 176 g/mol. The van der Waals surface area contributed by atoms with E-state index in [4.69, 9.17) is 11.6 Å². The average molecular weight is 176 g/mol. The number of amides is 1. The van der Waals surface area contributed by atoms with Gasteiger partial charge in [0.2, 0.25) is 5.91 Å². The Hall–Kier alpha value is -0.910. The Kier molecular flexibility index (Phi) is 5.36. The number of thioether (sulfide) groups is 1. The fourth-order valence-corrected chi connectivity index (χ4v) is 0.982. The number of hydrogen-bond acceptors (Lipinski definition) is 4. The molecule has 0 aliphatic carbocycles. The molecule has 0 radical (unpaired) electrons. The van der Waals surface area contributed by atoms with Gasteiger partial charge in [-0.25, -0.2) is 0 Å². The Bertz CT molecular complexity index is 159. The maximum absolute atomic E-state index is 10.6. The first-order valence-electron chi connectivity index (χ1n) is 3.07. The van der Waals surface area contributed by atoms with Crippen LogP contribution in [0.2, 0.25) is 0 Å². The van der Waals surface area contributed by atoms with Gasteiger partial charge >= 0.3 is 0 Å². The number of rotatable bonds is 3. The van der Waals surface area contributed by atoms with Crippen molar-refractivity contribution in [3.05, 3.63) is 0 Å². The van der Waals surface area contributed by atoms with Gasteiger partial charge in [0.1, 0.15) is 0 Å². The van der Waals surface area contributed by atoms with Gasteiger partial charge in [-0.3, -0.25) is 4.79 Å². The van der Waals surface area contributed by atoms with Crippen molar-refractivity contribution >= 4 is 22.8 Å². The summed E-state index contributed by atoms with van der Waals surface area (Å²) in [7, 11) is 1.59. The Labute approximate surface area is 69.6 Å². The second-order valence-electron chi connectivity index (χ2n) is 1.74. The second-order valence-corrected chi connectivity index (χ2v) is 2.85. The summed E-state index contributed by atoms with van der Waals surface area (Å²) in [5.41, 5.74) is 5.26. The van der Waals surface area contributed by atoms with Gasteiger partial charge in [-0.05, 0) is 0 Å². The standard InChI is InChI=1S/C5H12N4OS/c1-8-4(10)2-3-11-5(6)9-7/h2-3,7H2,1H3,(H2,6,9)(H,8,10). The Morgan fingerprint density at radius 2 is 2.36 bits per heavy atom. The molecule has 0 atom stereocenters. The summed E-state index contributed by atoms with van der Waals surface area (Å²) in [6, 6.07) is 0. The molecule has 0 bridgehead atoms. The van der Waals surface area contributed by atoms with Crippen LogP contribution in [0.5, 0.6) is 0 Å². The van der Waals surface area contributed by atoms with Crippen LogP contribution in [-0.4, -0.2) is 23.9 Å². The van der Waals surface area contributed by atoms with E-state index in [2.05, 4.69) is 10.4 Å². The molecule has 0 aliphatic rings. The first-order chi connectivity index (χ1) is 5.20.